The number of carbonyl (C=O) groups is 1. The van der Waals surface area contributed by atoms with Crippen LogP contribution in [-0.4, -0.2) is 35.3 Å². The lowest BCUT2D eigenvalue weighted by atomic mass is 9.96. The van der Waals surface area contributed by atoms with Gasteiger partial charge in [0.25, 0.3) is 5.69 Å². The second-order valence-electron chi connectivity index (χ2n) is 5.91. The standard InChI is InChI=1S/C14H12F6N2O4/c1-6-2-10(11(22(25)26)3-8(6)13(15,16)17)21-4-7(12(23)24)9(5-21)14(18,19)20/h2-3,7,9H,4-5H2,1H3,(H,23,24)/t7-,9-/m1/s1. The number of carboxylic acids is 1. The summed E-state index contributed by atoms with van der Waals surface area (Å²) in [6, 6.07) is 1.01. The number of benzene rings is 1. The number of nitro groups is 1. The van der Waals surface area contributed by atoms with Crippen LogP contribution in [0.25, 0.3) is 0 Å². The van der Waals surface area contributed by atoms with Crippen molar-refractivity contribution in [3.05, 3.63) is 33.4 Å². The van der Waals surface area contributed by atoms with Crippen LogP contribution in [0.3, 0.4) is 0 Å². The molecule has 1 aromatic rings. The zero-order valence-corrected chi connectivity index (χ0v) is 13.1. The fraction of sp³-hybridized carbons (Fsp3) is 0.500. The Hall–Kier alpha value is -2.53. The summed E-state index contributed by atoms with van der Waals surface area (Å²) in [5, 5.41) is 20.1. The summed E-state index contributed by atoms with van der Waals surface area (Å²) in [5.74, 6) is -5.90. The largest absolute Gasteiger partial charge is 0.481 e. The van der Waals surface area contributed by atoms with Gasteiger partial charge in [0, 0.05) is 19.2 Å². The number of nitrogens with zero attached hydrogens (tertiary/aromatic N) is 2. The van der Waals surface area contributed by atoms with Gasteiger partial charge in [0.05, 0.1) is 22.3 Å². The lowest BCUT2D eigenvalue weighted by Gasteiger charge is -2.21. The van der Waals surface area contributed by atoms with E-state index in [1.54, 1.807) is 0 Å². The molecule has 1 fully saturated rings. The highest BCUT2D eigenvalue weighted by Gasteiger charge is 2.53. The Labute approximate surface area is 142 Å². The van der Waals surface area contributed by atoms with Gasteiger partial charge in [-0.25, -0.2) is 0 Å². The molecule has 2 rings (SSSR count). The van der Waals surface area contributed by atoms with Crippen LogP contribution in [0, 0.1) is 28.9 Å². The van der Waals surface area contributed by atoms with Crippen molar-refractivity contribution in [1.29, 1.82) is 0 Å². The number of alkyl halides is 6. The van der Waals surface area contributed by atoms with E-state index in [9.17, 15) is 41.3 Å². The molecule has 0 radical (unpaired) electrons. The van der Waals surface area contributed by atoms with Crippen molar-refractivity contribution in [3.8, 4) is 0 Å². The van der Waals surface area contributed by atoms with Gasteiger partial charge in [-0.05, 0) is 18.6 Å². The fourth-order valence-corrected chi connectivity index (χ4v) is 2.97. The molecule has 1 aliphatic rings. The minimum atomic E-state index is -4.88. The summed E-state index contributed by atoms with van der Waals surface area (Å²) in [6.45, 7) is -0.584. The first-order chi connectivity index (χ1) is 11.7. The van der Waals surface area contributed by atoms with Crippen LogP contribution >= 0.6 is 0 Å². The quantitative estimate of drug-likeness (QED) is 0.487. The molecule has 1 saturated heterocycles. The van der Waals surface area contributed by atoms with E-state index in [4.69, 9.17) is 5.11 Å². The number of carboxylic acid groups (broad SMARTS) is 1. The molecule has 0 saturated carbocycles. The molecule has 0 amide bonds. The molecule has 6 nitrogen and oxygen atoms in total. The van der Waals surface area contributed by atoms with E-state index in [2.05, 4.69) is 0 Å². The zero-order chi connectivity index (χ0) is 20.0. The van der Waals surface area contributed by atoms with E-state index in [-0.39, 0.29) is 6.07 Å². The zero-order valence-electron chi connectivity index (χ0n) is 13.1. The summed E-state index contributed by atoms with van der Waals surface area (Å²) in [5.41, 5.74) is -3.21. The molecular weight excluding hydrogens is 374 g/mol. The third-order valence-electron chi connectivity index (χ3n) is 4.22. The molecule has 0 aliphatic carbocycles. The third-order valence-corrected chi connectivity index (χ3v) is 4.22. The van der Waals surface area contributed by atoms with Crippen LogP contribution in [0.4, 0.5) is 37.7 Å². The van der Waals surface area contributed by atoms with Crippen LogP contribution in [-0.2, 0) is 11.0 Å². The first-order valence-electron chi connectivity index (χ1n) is 7.14. The van der Waals surface area contributed by atoms with Gasteiger partial charge in [-0.15, -0.1) is 0 Å². The highest BCUT2D eigenvalue weighted by atomic mass is 19.4. The lowest BCUT2D eigenvalue weighted by molar-refractivity contribution is -0.384. The van der Waals surface area contributed by atoms with Gasteiger partial charge in [0.15, 0.2) is 0 Å². The van der Waals surface area contributed by atoms with Crippen LogP contribution in [0.15, 0.2) is 12.1 Å². The van der Waals surface area contributed by atoms with Gasteiger partial charge < -0.3 is 10.0 Å². The Morgan fingerprint density at radius 1 is 1.23 bits per heavy atom. The highest BCUT2D eigenvalue weighted by molar-refractivity contribution is 5.74. The van der Waals surface area contributed by atoms with Gasteiger partial charge in [-0.3, -0.25) is 14.9 Å². The predicted octanol–water partition coefficient (Wildman–Crippen LogP) is 3.62. The molecule has 1 aromatic carbocycles. The Kier molecular flexibility index (Phi) is 4.81. The number of halogens is 6. The van der Waals surface area contributed by atoms with E-state index in [1.165, 1.54) is 0 Å². The van der Waals surface area contributed by atoms with Crippen LogP contribution in [0.5, 0.6) is 0 Å². The van der Waals surface area contributed by atoms with Gasteiger partial charge in [0.1, 0.15) is 5.69 Å². The van der Waals surface area contributed by atoms with Crippen molar-refractivity contribution in [3.63, 3.8) is 0 Å². The third kappa shape index (κ3) is 3.68. The first-order valence-corrected chi connectivity index (χ1v) is 7.14. The van der Waals surface area contributed by atoms with E-state index in [0.717, 1.165) is 17.9 Å². The maximum Gasteiger partial charge on any atom is 0.416 e. The highest BCUT2D eigenvalue weighted by Crippen LogP contribution is 2.44. The van der Waals surface area contributed by atoms with Crippen molar-refractivity contribution >= 4 is 17.3 Å². The minimum absolute atomic E-state index is 0.251. The second kappa shape index (κ2) is 6.32. The van der Waals surface area contributed by atoms with Crippen molar-refractivity contribution in [2.24, 2.45) is 11.8 Å². The number of anilines is 1. The van der Waals surface area contributed by atoms with Gasteiger partial charge >= 0.3 is 18.3 Å². The van der Waals surface area contributed by atoms with Crippen molar-refractivity contribution in [1.82, 2.24) is 0 Å². The molecular formula is C14H12F6N2O4. The Bertz CT molecular complexity index is 746. The molecule has 1 N–H and O–H groups in total. The number of aliphatic carboxylic acids is 1. The molecule has 2 atom stereocenters. The summed E-state index contributed by atoms with van der Waals surface area (Å²) in [4.78, 5) is 21.9. The SMILES string of the molecule is Cc1cc(N2C[C@@H](C(F)(F)F)[C@H](C(=O)O)C2)c([N+](=O)[O-])cc1C(F)(F)F. The monoisotopic (exact) mass is 386 g/mol. The van der Waals surface area contributed by atoms with Crippen molar-refractivity contribution < 1.29 is 41.2 Å². The molecule has 144 valence electrons. The van der Waals surface area contributed by atoms with E-state index >= 15 is 0 Å². The number of hydrogen-bond acceptors (Lipinski definition) is 4. The lowest BCUT2D eigenvalue weighted by Crippen LogP contribution is -2.33. The van der Waals surface area contributed by atoms with Crippen LogP contribution in [0.1, 0.15) is 11.1 Å². The maximum absolute atomic E-state index is 13.0. The molecule has 26 heavy (non-hydrogen) atoms. The second-order valence-corrected chi connectivity index (χ2v) is 5.91. The normalized spacial score (nSPS) is 21.1. The molecule has 0 aromatic heterocycles. The number of hydrogen-bond donors (Lipinski definition) is 1. The predicted molar refractivity (Wildman–Crippen MR) is 75.7 cm³/mol. The van der Waals surface area contributed by atoms with Gasteiger partial charge in [-0.1, -0.05) is 0 Å². The summed E-state index contributed by atoms with van der Waals surface area (Å²) >= 11 is 0. The average molecular weight is 386 g/mol. The van der Waals surface area contributed by atoms with E-state index < -0.39 is 70.7 Å². The van der Waals surface area contributed by atoms with Gasteiger partial charge in [0.2, 0.25) is 0 Å². The minimum Gasteiger partial charge on any atom is -0.481 e. The fourth-order valence-electron chi connectivity index (χ4n) is 2.97. The van der Waals surface area contributed by atoms with Gasteiger partial charge in [-0.2, -0.15) is 26.3 Å². The number of rotatable bonds is 3. The Morgan fingerprint density at radius 2 is 1.81 bits per heavy atom. The van der Waals surface area contributed by atoms with Crippen LogP contribution in [0.2, 0.25) is 0 Å². The average Bonchev–Trinajstić information content (AvgIpc) is 2.90. The molecule has 0 unspecified atom stereocenters. The number of nitro benzene ring substituents is 1. The van der Waals surface area contributed by atoms with E-state index in [0.29, 0.717) is 0 Å². The summed E-state index contributed by atoms with van der Waals surface area (Å²) < 4.78 is 77.9. The summed E-state index contributed by atoms with van der Waals surface area (Å²) in [6.07, 6.45) is -9.75. The summed E-state index contributed by atoms with van der Waals surface area (Å²) in [7, 11) is 0. The van der Waals surface area contributed by atoms with Crippen molar-refractivity contribution in [2.75, 3.05) is 18.0 Å². The first kappa shape index (κ1) is 19.8. The molecule has 0 spiro atoms. The van der Waals surface area contributed by atoms with Crippen molar-refractivity contribution in [2.45, 2.75) is 19.3 Å². The molecule has 12 heteroatoms. The maximum atomic E-state index is 13.0. The van der Waals surface area contributed by atoms with E-state index in [1.807, 2.05) is 0 Å². The molecule has 1 heterocycles. The number of aryl methyl sites for hydroxylation is 1. The Morgan fingerprint density at radius 3 is 2.19 bits per heavy atom. The molecule has 0 bridgehead atoms. The topological polar surface area (TPSA) is 83.7 Å². The molecule has 1 aliphatic heterocycles. The van der Waals surface area contributed by atoms with Crippen LogP contribution < -0.4 is 4.90 Å². The Balaban J connectivity index is 2.53. The smallest absolute Gasteiger partial charge is 0.416 e.